The van der Waals surface area contributed by atoms with Gasteiger partial charge < -0.3 is 4.74 Å². The van der Waals surface area contributed by atoms with Crippen LogP contribution in [0.1, 0.15) is 19.4 Å². The number of rotatable bonds is 5. The van der Waals surface area contributed by atoms with E-state index in [4.69, 9.17) is 9.72 Å². The fourth-order valence-electron chi connectivity index (χ4n) is 3.69. The van der Waals surface area contributed by atoms with Gasteiger partial charge in [-0.1, -0.05) is 18.2 Å². The number of ether oxygens (including phenoxy) is 1. The molecule has 1 unspecified atom stereocenters. The fraction of sp³-hybridized carbons (Fsp3) is 0.286. The zero-order chi connectivity index (χ0) is 19.9. The first-order valence-electron chi connectivity index (χ1n) is 9.18. The second-order valence-electron chi connectivity index (χ2n) is 6.95. The highest BCUT2D eigenvalue weighted by atomic mass is 32.2. The van der Waals surface area contributed by atoms with Gasteiger partial charge in [-0.05, 0) is 50.1 Å². The van der Waals surface area contributed by atoms with Gasteiger partial charge in [-0.25, -0.2) is 13.4 Å². The summed E-state index contributed by atoms with van der Waals surface area (Å²) in [6.45, 7) is 4.53. The highest BCUT2D eigenvalue weighted by Crippen LogP contribution is 2.38. The average molecular weight is 415 g/mol. The average Bonchev–Trinajstić information content (AvgIpc) is 3.25. The minimum Gasteiger partial charge on any atom is -0.494 e. The van der Waals surface area contributed by atoms with E-state index >= 15 is 0 Å². The number of anilines is 1. The minimum atomic E-state index is -3.28. The van der Waals surface area contributed by atoms with Crippen molar-refractivity contribution in [1.29, 1.82) is 0 Å². The van der Waals surface area contributed by atoms with Gasteiger partial charge in [-0.15, -0.1) is 11.3 Å². The molecular formula is C21H22N2O3S2. The summed E-state index contributed by atoms with van der Waals surface area (Å²) in [4.78, 5) is 4.80. The third-order valence-electron chi connectivity index (χ3n) is 4.78. The van der Waals surface area contributed by atoms with Gasteiger partial charge in [-0.3, -0.25) is 4.31 Å². The van der Waals surface area contributed by atoms with Crippen molar-refractivity contribution < 1.29 is 13.2 Å². The van der Waals surface area contributed by atoms with Gasteiger partial charge in [0.05, 0.1) is 24.2 Å². The molecule has 1 aromatic heterocycles. The normalized spacial score (nSPS) is 16.2. The van der Waals surface area contributed by atoms with E-state index in [2.05, 4.69) is 6.07 Å². The van der Waals surface area contributed by atoms with E-state index < -0.39 is 10.0 Å². The molecule has 0 amide bonds. The van der Waals surface area contributed by atoms with Crippen LogP contribution in [0.4, 0.5) is 5.69 Å². The predicted octanol–water partition coefficient (Wildman–Crippen LogP) is 4.59. The van der Waals surface area contributed by atoms with E-state index in [1.54, 1.807) is 11.3 Å². The van der Waals surface area contributed by atoms with E-state index in [0.29, 0.717) is 13.0 Å². The van der Waals surface area contributed by atoms with Crippen molar-refractivity contribution in [3.05, 3.63) is 53.4 Å². The highest BCUT2D eigenvalue weighted by molar-refractivity contribution is 7.92. The Morgan fingerprint density at radius 1 is 1.21 bits per heavy atom. The predicted molar refractivity (Wildman–Crippen MR) is 115 cm³/mol. The van der Waals surface area contributed by atoms with E-state index in [9.17, 15) is 8.42 Å². The summed E-state index contributed by atoms with van der Waals surface area (Å²) >= 11 is 1.59. The minimum absolute atomic E-state index is 0.0625. The Balaban J connectivity index is 1.66. The number of nitrogens with zero attached hydrogens (tertiary/aromatic N) is 2. The molecule has 5 nitrogen and oxygen atoms in total. The molecule has 0 spiro atoms. The number of benzene rings is 2. The molecule has 1 atom stereocenters. The van der Waals surface area contributed by atoms with Crippen molar-refractivity contribution in [1.82, 2.24) is 4.98 Å². The summed E-state index contributed by atoms with van der Waals surface area (Å²) in [5.41, 5.74) is 4.75. The summed E-state index contributed by atoms with van der Waals surface area (Å²) in [6, 6.07) is 13.8. The van der Waals surface area contributed by atoms with Gasteiger partial charge in [0.1, 0.15) is 10.8 Å². The Morgan fingerprint density at radius 2 is 2.04 bits per heavy atom. The maximum atomic E-state index is 12.1. The SMILES string of the molecule is CCOc1cccc(-c2nc(-c3ccc4c(c3)CC(C)N4S(C)(=O)=O)cs2)c1. The van der Waals surface area contributed by atoms with Crippen LogP contribution in [-0.2, 0) is 16.4 Å². The zero-order valence-electron chi connectivity index (χ0n) is 16.0. The first-order valence-corrected chi connectivity index (χ1v) is 11.9. The molecule has 0 radical (unpaired) electrons. The van der Waals surface area contributed by atoms with Gasteiger partial charge in [0, 0.05) is 22.5 Å². The molecule has 4 rings (SSSR count). The summed E-state index contributed by atoms with van der Waals surface area (Å²) in [6.07, 6.45) is 1.97. The van der Waals surface area contributed by atoms with Crippen LogP contribution < -0.4 is 9.04 Å². The molecule has 2 heterocycles. The van der Waals surface area contributed by atoms with Crippen LogP contribution in [0.2, 0.25) is 0 Å². The third-order valence-corrected chi connectivity index (χ3v) is 6.94. The van der Waals surface area contributed by atoms with Gasteiger partial charge in [0.25, 0.3) is 0 Å². The number of aromatic nitrogens is 1. The lowest BCUT2D eigenvalue weighted by Crippen LogP contribution is -2.34. The topological polar surface area (TPSA) is 59.5 Å². The Bertz CT molecular complexity index is 1120. The largest absolute Gasteiger partial charge is 0.494 e. The van der Waals surface area contributed by atoms with Crippen LogP contribution in [0.15, 0.2) is 47.8 Å². The molecule has 146 valence electrons. The molecule has 0 bridgehead atoms. The van der Waals surface area contributed by atoms with Crippen molar-refractivity contribution in [3.8, 4) is 27.6 Å². The molecule has 0 fully saturated rings. The van der Waals surface area contributed by atoms with Crippen molar-refractivity contribution in [2.24, 2.45) is 0 Å². The van der Waals surface area contributed by atoms with Crippen LogP contribution >= 0.6 is 11.3 Å². The van der Waals surface area contributed by atoms with Gasteiger partial charge in [0.2, 0.25) is 10.0 Å². The molecule has 2 aromatic carbocycles. The highest BCUT2D eigenvalue weighted by Gasteiger charge is 2.32. The Hall–Kier alpha value is -2.38. The molecular weight excluding hydrogens is 392 g/mol. The second kappa shape index (κ2) is 7.22. The van der Waals surface area contributed by atoms with E-state index in [1.807, 2.05) is 55.6 Å². The van der Waals surface area contributed by atoms with E-state index in [0.717, 1.165) is 38.8 Å². The van der Waals surface area contributed by atoms with Crippen molar-refractivity contribution in [3.63, 3.8) is 0 Å². The van der Waals surface area contributed by atoms with Crippen molar-refractivity contribution in [2.45, 2.75) is 26.3 Å². The lowest BCUT2D eigenvalue weighted by atomic mass is 10.1. The van der Waals surface area contributed by atoms with Crippen LogP contribution in [-0.4, -0.2) is 32.3 Å². The number of thiazole rings is 1. The lowest BCUT2D eigenvalue weighted by molar-refractivity contribution is 0.340. The van der Waals surface area contributed by atoms with Crippen LogP contribution in [0.25, 0.3) is 21.8 Å². The van der Waals surface area contributed by atoms with E-state index in [-0.39, 0.29) is 6.04 Å². The molecule has 7 heteroatoms. The number of hydrogen-bond donors (Lipinski definition) is 0. The summed E-state index contributed by atoms with van der Waals surface area (Å²) in [5, 5.41) is 2.97. The van der Waals surface area contributed by atoms with Gasteiger partial charge >= 0.3 is 0 Å². The van der Waals surface area contributed by atoms with Crippen LogP contribution in [0.3, 0.4) is 0 Å². The molecule has 28 heavy (non-hydrogen) atoms. The molecule has 1 aliphatic heterocycles. The quantitative estimate of drug-likeness (QED) is 0.613. The standard InChI is InChI=1S/C21H22N2O3S2/c1-4-26-18-7-5-6-16(12-18)21-22-19(13-27-21)15-8-9-20-17(11-15)10-14(2)23(20)28(3,24)25/h5-9,11-14H,4,10H2,1-3H3. The smallest absolute Gasteiger partial charge is 0.232 e. The third kappa shape index (κ3) is 3.52. The Labute approximate surface area is 169 Å². The lowest BCUT2D eigenvalue weighted by Gasteiger charge is -2.21. The zero-order valence-corrected chi connectivity index (χ0v) is 17.7. The monoisotopic (exact) mass is 414 g/mol. The van der Waals surface area contributed by atoms with Gasteiger partial charge in [-0.2, -0.15) is 0 Å². The maximum Gasteiger partial charge on any atom is 0.232 e. The van der Waals surface area contributed by atoms with Crippen LogP contribution in [0.5, 0.6) is 5.75 Å². The Kier molecular flexibility index (Phi) is 4.89. The van der Waals surface area contributed by atoms with Crippen LogP contribution in [0, 0.1) is 0 Å². The Morgan fingerprint density at radius 3 is 2.79 bits per heavy atom. The molecule has 0 saturated carbocycles. The first kappa shape index (κ1) is 19.0. The molecule has 3 aromatic rings. The van der Waals surface area contributed by atoms with E-state index in [1.165, 1.54) is 10.6 Å². The molecule has 0 saturated heterocycles. The van der Waals surface area contributed by atoms with Crippen molar-refractivity contribution in [2.75, 3.05) is 17.2 Å². The fourth-order valence-corrected chi connectivity index (χ4v) is 5.78. The summed E-state index contributed by atoms with van der Waals surface area (Å²) in [7, 11) is -3.28. The molecule has 0 aliphatic carbocycles. The van der Waals surface area contributed by atoms with Crippen molar-refractivity contribution >= 4 is 27.0 Å². The molecule has 0 N–H and O–H groups in total. The number of sulfonamides is 1. The van der Waals surface area contributed by atoms with Gasteiger partial charge in [0.15, 0.2) is 0 Å². The maximum absolute atomic E-state index is 12.1. The first-order chi connectivity index (χ1) is 13.4. The second-order valence-corrected chi connectivity index (χ2v) is 9.67. The summed E-state index contributed by atoms with van der Waals surface area (Å²) < 4.78 is 31.3. The molecule has 1 aliphatic rings. The summed E-state index contributed by atoms with van der Waals surface area (Å²) in [5.74, 6) is 0.837. The number of hydrogen-bond acceptors (Lipinski definition) is 5. The number of fused-ring (bicyclic) bond motifs is 1.